The lowest BCUT2D eigenvalue weighted by atomic mass is 10.0. The van der Waals surface area contributed by atoms with Crippen molar-refractivity contribution in [3.05, 3.63) is 53.1 Å². The fraction of sp³-hybridized carbons (Fsp3) is 0.143. The first kappa shape index (κ1) is 13.7. The first-order valence-electron chi connectivity index (χ1n) is 5.47. The third-order valence-corrected chi connectivity index (χ3v) is 2.68. The van der Waals surface area contributed by atoms with Crippen LogP contribution in [-0.2, 0) is 0 Å². The van der Waals surface area contributed by atoms with E-state index in [0.717, 1.165) is 5.56 Å². The summed E-state index contributed by atoms with van der Waals surface area (Å²) >= 11 is 5.92. The van der Waals surface area contributed by atoms with Crippen molar-refractivity contribution in [2.24, 2.45) is 0 Å². The molecule has 0 N–H and O–H groups in total. The normalized spacial score (nSPS) is 11.4. The molecule has 0 saturated carbocycles. The number of halogens is 4. The van der Waals surface area contributed by atoms with Crippen molar-refractivity contribution in [2.75, 3.05) is 0 Å². The SMILES string of the molecule is Cc1cc(Cl)cc(-c2ccccc2OC(F)(F)F)c1. The predicted molar refractivity (Wildman–Crippen MR) is 68.3 cm³/mol. The number of ether oxygens (including phenoxy) is 1. The van der Waals surface area contributed by atoms with Crippen molar-refractivity contribution in [3.63, 3.8) is 0 Å². The monoisotopic (exact) mass is 286 g/mol. The minimum atomic E-state index is -4.72. The number of aryl methyl sites for hydroxylation is 1. The maximum Gasteiger partial charge on any atom is 0.573 e. The molecule has 1 nitrogen and oxygen atoms in total. The van der Waals surface area contributed by atoms with E-state index in [0.29, 0.717) is 16.1 Å². The van der Waals surface area contributed by atoms with Crippen molar-refractivity contribution in [1.82, 2.24) is 0 Å². The van der Waals surface area contributed by atoms with E-state index in [1.54, 1.807) is 30.3 Å². The Hall–Kier alpha value is -1.68. The molecule has 5 heteroatoms. The molecule has 2 rings (SSSR count). The summed E-state index contributed by atoms with van der Waals surface area (Å²) < 4.78 is 41.1. The minimum absolute atomic E-state index is 0.239. The summed E-state index contributed by atoms with van der Waals surface area (Å²) in [5.41, 5.74) is 1.81. The van der Waals surface area contributed by atoms with Crippen molar-refractivity contribution in [3.8, 4) is 16.9 Å². The lowest BCUT2D eigenvalue weighted by molar-refractivity contribution is -0.274. The molecule has 0 aliphatic rings. The molecule has 0 unspecified atom stereocenters. The number of hydrogen-bond donors (Lipinski definition) is 0. The van der Waals surface area contributed by atoms with Gasteiger partial charge >= 0.3 is 6.36 Å². The Labute approximate surface area is 113 Å². The molecule has 0 spiro atoms. The molecule has 0 radical (unpaired) electrons. The van der Waals surface area contributed by atoms with Crippen molar-refractivity contribution in [1.29, 1.82) is 0 Å². The van der Waals surface area contributed by atoms with Crippen LogP contribution in [0.1, 0.15) is 5.56 Å². The second kappa shape index (κ2) is 5.13. The fourth-order valence-corrected chi connectivity index (χ4v) is 2.10. The van der Waals surface area contributed by atoms with Crippen molar-refractivity contribution < 1.29 is 17.9 Å². The van der Waals surface area contributed by atoms with E-state index >= 15 is 0 Å². The van der Waals surface area contributed by atoms with Crippen LogP contribution >= 0.6 is 11.6 Å². The maximum absolute atomic E-state index is 12.3. The number of rotatable bonds is 2. The molecular weight excluding hydrogens is 277 g/mol. The Balaban J connectivity index is 2.50. The molecule has 2 aromatic carbocycles. The summed E-state index contributed by atoms with van der Waals surface area (Å²) in [4.78, 5) is 0. The van der Waals surface area contributed by atoms with Gasteiger partial charge in [0.2, 0.25) is 0 Å². The summed E-state index contributed by atoms with van der Waals surface area (Å²) in [6.45, 7) is 1.82. The van der Waals surface area contributed by atoms with Crippen LogP contribution in [0.4, 0.5) is 13.2 Å². The second-order valence-corrected chi connectivity index (χ2v) is 4.50. The molecule has 0 atom stereocenters. The Bertz CT molecular complexity index is 573. The molecule has 0 aliphatic heterocycles. The van der Waals surface area contributed by atoms with Gasteiger partial charge in [0.05, 0.1) is 0 Å². The highest BCUT2D eigenvalue weighted by Gasteiger charge is 2.32. The first-order valence-corrected chi connectivity index (χ1v) is 5.85. The molecule has 100 valence electrons. The van der Waals surface area contributed by atoms with Gasteiger partial charge in [-0.15, -0.1) is 13.2 Å². The standard InChI is InChI=1S/C14H10ClF3O/c1-9-6-10(8-11(15)7-9)12-4-2-3-5-13(12)19-14(16,17)18/h2-8H,1H3. The smallest absolute Gasteiger partial charge is 0.405 e. The zero-order chi connectivity index (χ0) is 14.0. The van der Waals surface area contributed by atoms with Gasteiger partial charge in [0, 0.05) is 10.6 Å². The van der Waals surface area contributed by atoms with E-state index in [9.17, 15) is 13.2 Å². The Morgan fingerprint density at radius 2 is 1.74 bits per heavy atom. The van der Waals surface area contributed by atoms with Crippen LogP contribution in [0.5, 0.6) is 5.75 Å². The molecule has 0 fully saturated rings. The van der Waals surface area contributed by atoms with Gasteiger partial charge in [-0.25, -0.2) is 0 Å². The van der Waals surface area contributed by atoms with Gasteiger partial charge in [-0.1, -0.05) is 35.9 Å². The number of benzene rings is 2. The Kier molecular flexibility index (Phi) is 3.71. The molecule has 0 saturated heterocycles. The zero-order valence-corrected chi connectivity index (χ0v) is 10.7. The van der Waals surface area contributed by atoms with Gasteiger partial charge in [-0.3, -0.25) is 0 Å². The molecule has 0 aromatic heterocycles. The van der Waals surface area contributed by atoms with Gasteiger partial charge in [-0.05, 0) is 36.2 Å². The zero-order valence-electron chi connectivity index (χ0n) is 9.96. The maximum atomic E-state index is 12.3. The van der Waals surface area contributed by atoms with Crippen LogP contribution in [0.3, 0.4) is 0 Å². The number of para-hydroxylation sites is 1. The fourth-order valence-electron chi connectivity index (χ4n) is 1.81. The third-order valence-electron chi connectivity index (χ3n) is 2.47. The van der Waals surface area contributed by atoms with Gasteiger partial charge < -0.3 is 4.74 Å². The molecular formula is C14H10ClF3O. The molecule has 0 bridgehead atoms. The number of alkyl halides is 3. The van der Waals surface area contributed by atoms with E-state index < -0.39 is 6.36 Å². The average molecular weight is 287 g/mol. The lowest BCUT2D eigenvalue weighted by Gasteiger charge is -2.13. The van der Waals surface area contributed by atoms with Crippen molar-refractivity contribution >= 4 is 11.6 Å². The van der Waals surface area contributed by atoms with Gasteiger partial charge in [-0.2, -0.15) is 0 Å². The third kappa shape index (κ3) is 3.64. The highest BCUT2D eigenvalue weighted by Crippen LogP contribution is 2.35. The highest BCUT2D eigenvalue weighted by molar-refractivity contribution is 6.31. The predicted octanol–water partition coefficient (Wildman–Crippen LogP) is 5.21. The minimum Gasteiger partial charge on any atom is -0.405 e. The van der Waals surface area contributed by atoms with Crippen LogP contribution in [0.2, 0.25) is 5.02 Å². The highest BCUT2D eigenvalue weighted by atomic mass is 35.5. The topological polar surface area (TPSA) is 9.23 Å². The van der Waals surface area contributed by atoms with Crippen LogP contribution in [-0.4, -0.2) is 6.36 Å². The molecule has 2 aromatic rings. The average Bonchev–Trinajstić information content (AvgIpc) is 2.26. The molecule has 0 aliphatic carbocycles. The summed E-state index contributed by atoms with van der Waals surface area (Å²) in [6, 6.07) is 11.1. The lowest BCUT2D eigenvalue weighted by Crippen LogP contribution is -2.17. The van der Waals surface area contributed by atoms with Crippen LogP contribution < -0.4 is 4.74 Å². The summed E-state index contributed by atoms with van der Waals surface area (Å²) in [6.07, 6.45) is -4.72. The van der Waals surface area contributed by atoms with E-state index in [1.165, 1.54) is 12.1 Å². The van der Waals surface area contributed by atoms with Gasteiger partial charge in [0.1, 0.15) is 5.75 Å². The van der Waals surface area contributed by atoms with Crippen LogP contribution in [0.25, 0.3) is 11.1 Å². The molecule has 0 heterocycles. The van der Waals surface area contributed by atoms with Crippen LogP contribution in [0, 0.1) is 6.92 Å². The Morgan fingerprint density at radius 3 is 2.37 bits per heavy atom. The second-order valence-electron chi connectivity index (χ2n) is 4.06. The first-order chi connectivity index (χ1) is 8.85. The number of hydrogen-bond acceptors (Lipinski definition) is 1. The van der Waals surface area contributed by atoms with E-state index in [4.69, 9.17) is 11.6 Å². The largest absolute Gasteiger partial charge is 0.573 e. The van der Waals surface area contributed by atoms with Gasteiger partial charge in [0.15, 0.2) is 0 Å². The van der Waals surface area contributed by atoms with Crippen LogP contribution in [0.15, 0.2) is 42.5 Å². The Morgan fingerprint density at radius 1 is 1.05 bits per heavy atom. The summed E-state index contributed by atoms with van der Waals surface area (Å²) in [5.74, 6) is -0.239. The van der Waals surface area contributed by atoms with Crippen molar-refractivity contribution in [2.45, 2.75) is 13.3 Å². The summed E-state index contributed by atoms with van der Waals surface area (Å²) in [7, 11) is 0. The molecule has 19 heavy (non-hydrogen) atoms. The van der Waals surface area contributed by atoms with Gasteiger partial charge in [0.25, 0.3) is 0 Å². The quantitative estimate of drug-likeness (QED) is 0.736. The summed E-state index contributed by atoms with van der Waals surface area (Å²) in [5, 5.41) is 0.469. The molecule has 0 amide bonds. The van der Waals surface area contributed by atoms with E-state index in [-0.39, 0.29) is 5.75 Å². The van der Waals surface area contributed by atoms with E-state index in [2.05, 4.69) is 4.74 Å². The van der Waals surface area contributed by atoms with E-state index in [1.807, 2.05) is 6.92 Å².